The van der Waals surface area contributed by atoms with Crippen molar-refractivity contribution >= 4 is 0 Å². The normalized spacial score (nSPS) is 28.6. The molecule has 1 saturated heterocycles. The number of aromatic amines is 1. The van der Waals surface area contributed by atoms with E-state index in [1.807, 2.05) is 4.98 Å². The molecule has 1 unspecified atom stereocenters. The molecule has 0 saturated carbocycles. The van der Waals surface area contributed by atoms with Crippen LogP contribution in [0, 0.1) is 6.57 Å². The predicted octanol–water partition coefficient (Wildman–Crippen LogP) is -0.607. The van der Waals surface area contributed by atoms with Gasteiger partial charge in [-0.05, 0) is 5.53 Å². The summed E-state index contributed by atoms with van der Waals surface area (Å²) in [5.74, 6) is 0. The van der Waals surface area contributed by atoms with Crippen LogP contribution in [0.1, 0.15) is 6.23 Å². The second-order valence-corrected chi connectivity index (χ2v) is 4.11. The highest BCUT2D eigenvalue weighted by atomic mass is 16.5. The largest absolute Gasteiger partial charge is 0.388 e. The van der Waals surface area contributed by atoms with Crippen molar-refractivity contribution in [3.63, 3.8) is 0 Å². The Morgan fingerprint density at radius 3 is 2.95 bits per heavy atom. The first-order chi connectivity index (χ1) is 9.58. The van der Waals surface area contributed by atoms with E-state index < -0.39 is 35.7 Å². The van der Waals surface area contributed by atoms with Gasteiger partial charge < -0.3 is 14.7 Å². The first-order valence-electron chi connectivity index (χ1n) is 5.61. The maximum atomic E-state index is 11.7. The summed E-state index contributed by atoms with van der Waals surface area (Å²) in [7, 11) is 0. The van der Waals surface area contributed by atoms with Crippen molar-refractivity contribution in [1.82, 2.24) is 9.55 Å². The number of hydrogen-bond acceptors (Lipinski definition) is 5. The van der Waals surface area contributed by atoms with Gasteiger partial charge in [0.1, 0.15) is 18.2 Å². The fourth-order valence-electron chi connectivity index (χ4n) is 2.03. The summed E-state index contributed by atoms with van der Waals surface area (Å²) >= 11 is 0. The maximum Gasteiger partial charge on any atom is 0.330 e. The zero-order chi connectivity index (χ0) is 14.7. The molecule has 2 rings (SSSR count). The smallest absolute Gasteiger partial charge is 0.330 e. The summed E-state index contributed by atoms with van der Waals surface area (Å²) in [5, 5.41) is 13.5. The Bertz CT molecular complexity index is 697. The third-order valence-corrected chi connectivity index (χ3v) is 2.92. The fraction of sp³-hybridized carbons (Fsp3) is 0.500. The second kappa shape index (κ2) is 5.58. The van der Waals surface area contributed by atoms with Crippen molar-refractivity contribution in [2.24, 2.45) is 5.11 Å². The summed E-state index contributed by atoms with van der Waals surface area (Å²) in [6.07, 6.45) is -2.06. The fourth-order valence-corrected chi connectivity index (χ4v) is 2.03. The highest BCUT2D eigenvalue weighted by Crippen LogP contribution is 2.30. The minimum Gasteiger partial charge on any atom is -0.388 e. The van der Waals surface area contributed by atoms with Gasteiger partial charge in [0.2, 0.25) is 6.54 Å². The Morgan fingerprint density at radius 1 is 1.60 bits per heavy atom. The number of H-pyrrole nitrogens is 1. The first kappa shape index (κ1) is 13.8. The lowest BCUT2D eigenvalue weighted by molar-refractivity contribution is -0.0355. The van der Waals surface area contributed by atoms with Gasteiger partial charge in [-0.3, -0.25) is 14.3 Å². The molecule has 1 aliphatic heterocycles. The van der Waals surface area contributed by atoms with E-state index in [4.69, 9.17) is 16.8 Å². The molecule has 0 amide bonds. The minimum absolute atomic E-state index is 0.116. The van der Waals surface area contributed by atoms with E-state index in [1.54, 1.807) is 0 Å². The summed E-state index contributed by atoms with van der Waals surface area (Å²) < 4.78 is 6.38. The predicted molar refractivity (Wildman–Crippen MR) is 65.6 cm³/mol. The molecule has 4 atom stereocenters. The van der Waals surface area contributed by atoms with E-state index in [2.05, 4.69) is 14.9 Å². The molecule has 1 aliphatic rings. The topological polar surface area (TPSA) is 137 Å². The molecule has 10 nitrogen and oxygen atoms in total. The van der Waals surface area contributed by atoms with E-state index in [1.165, 1.54) is 6.20 Å². The van der Waals surface area contributed by atoms with Gasteiger partial charge in [0.05, 0.1) is 0 Å². The third-order valence-electron chi connectivity index (χ3n) is 2.92. The van der Waals surface area contributed by atoms with Crippen LogP contribution in [0.25, 0.3) is 15.3 Å². The number of azide groups is 1. The van der Waals surface area contributed by atoms with Crippen molar-refractivity contribution in [2.45, 2.75) is 24.5 Å². The molecule has 20 heavy (non-hydrogen) atoms. The molecule has 1 fully saturated rings. The Hall–Kier alpha value is -2.60. The van der Waals surface area contributed by atoms with Crippen molar-refractivity contribution in [1.29, 1.82) is 0 Å². The van der Waals surface area contributed by atoms with E-state index in [9.17, 15) is 14.7 Å². The Labute approximate surface area is 111 Å². The summed E-state index contributed by atoms with van der Waals surface area (Å²) in [6, 6.07) is 0.125. The molecule has 10 heteroatoms. The molecule has 0 bridgehead atoms. The van der Waals surface area contributed by atoms with Gasteiger partial charge in [0.15, 0.2) is 6.23 Å². The zero-order valence-electron chi connectivity index (χ0n) is 10.1. The van der Waals surface area contributed by atoms with Gasteiger partial charge in [-0.15, -0.1) is 0 Å². The van der Waals surface area contributed by atoms with Crippen LogP contribution in [0.4, 0.5) is 0 Å². The molecule has 104 valence electrons. The number of aliphatic hydroxyl groups excluding tert-OH is 1. The SMILES string of the molecule is [C-]#[N+]C[C@H]1O[C@@H](n2ccc(=O)[nH]c2=O)[C@H](O)C1N=[N+]=[N-]. The lowest BCUT2D eigenvalue weighted by atomic mass is 10.1. The average Bonchev–Trinajstić information content (AvgIpc) is 2.69. The van der Waals surface area contributed by atoms with Gasteiger partial charge in [0.25, 0.3) is 5.56 Å². The molecular formula is C10H10N6O4. The highest BCUT2D eigenvalue weighted by Gasteiger charge is 2.46. The molecule has 0 spiro atoms. The molecule has 0 aliphatic carbocycles. The van der Waals surface area contributed by atoms with Crippen LogP contribution >= 0.6 is 0 Å². The van der Waals surface area contributed by atoms with Gasteiger partial charge in [-0.25, -0.2) is 11.4 Å². The van der Waals surface area contributed by atoms with Crippen LogP contribution in [0.5, 0.6) is 0 Å². The van der Waals surface area contributed by atoms with E-state index in [0.717, 1.165) is 10.6 Å². The lowest BCUT2D eigenvalue weighted by Crippen LogP contribution is -2.37. The van der Waals surface area contributed by atoms with Crippen LogP contribution in [0.3, 0.4) is 0 Å². The van der Waals surface area contributed by atoms with Gasteiger partial charge in [-0.1, -0.05) is 5.11 Å². The number of nitrogens with zero attached hydrogens (tertiary/aromatic N) is 5. The second-order valence-electron chi connectivity index (χ2n) is 4.11. The van der Waals surface area contributed by atoms with Crippen molar-refractivity contribution < 1.29 is 9.84 Å². The number of nitrogens with one attached hydrogen (secondary N) is 1. The van der Waals surface area contributed by atoms with Crippen LogP contribution in [-0.4, -0.2) is 39.5 Å². The Balaban J connectivity index is 2.38. The molecule has 0 aromatic carbocycles. The third kappa shape index (κ3) is 2.41. The lowest BCUT2D eigenvalue weighted by Gasteiger charge is -2.16. The summed E-state index contributed by atoms with van der Waals surface area (Å²) in [5.41, 5.74) is 7.14. The van der Waals surface area contributed by atoms with Crippen molar-refractivity contribution in [2.75, 3.05) is 6.54 Å². The van der Waals surface area contributed by atoms with Crippen molar-refractivity contribution in [3.8, 4) is 0 Å². The summed E-state index contributed by atoms with van der Waals surface area (Å²) in [4.78, 5) is 30.4. The number of hydrogen-bond donors (Lipinski definition) is 2. The molecule has 1 aromatic rings. The van der Waals surface area contributed by atoms with Crippen LogP contribution in [0.2, 0.25) is 0 Å². The van der Waals surface area contributed by atoms with Crippen LogP contribution < -0.4 is 11.2 Å². The average molecular weight is 278 g/mol. The standard InChI is InChI=1S/C10H10N6O4/c1-12-4-5-7(14-15-11)8(18)9(20-5)16-3-2-6(17)13-10(16)19/h2-3,5,7-9,18H,4H2,(H,13,17,19)/t5-,7?,8-,9-/m1/s1. The molecule has 1 aromatic heterocycles. The molecule has 2 N–H and O–H groups in total. The number of aromatic nitrogens is 2. The van der Waals surface area contributed by atoms with Gasteiger partial charge in [-0.2, -0.15) is 0 Å². The van der Waals surface area contributed by atoms with E-state index >= 15 is 0 Å². The zero-order valence-corrected chi connectivity index (χ0v) is 10.1. The quantitative estimate of drug-likeness (QED) is 0.329. The Morgan fingerprint density at radius 2 is 2.35 bits per heavy atom. The van der Waals surface area contributed by atoms with Gasteiger partial charge in [0, 0.05) is 17.2 Å². The number of rotatable bonds is 3. The van der Waals surface area contributed by atoms with Crippen molar-refractivity contribution in [3.05, 3.63) is 55.0 Å². The monoisotopic (exact) mass is 278 g/mol. The number of ether oxygens (including phenoxy) is 1. The Kier molecular flexibility index (Phi) is 3.86. The highest BCUT2D eigenvalue weighted by molar-refractivity contribution is 4.99. The maximum absolute atomic E-state index is 11.7. The minimum atomic E-state index is -1.29. The molecule has 2 heterocycles. The molecular weight excluding hydrogens is 268 g/mol. The summed E-state index contributed by atoms with van der Waals surface area (Å²) in [6.45, 7) is 6.69. The van der Waals surface area contributed by atoms with Gasteiger partial charge >= 0.3 is 5.69 Å². The first-order valence-corrected chi connectivity index (χ1v) is 5.61. The van der Waals surface area contributed by atoms with E-state index in [0.29, 0.717) is 0 Å². The van der Waals surface area contributed by atoms with Crippen LogP contribution in [-0.2, 0) is 4.74 Å². The van der Waals surface area contributed by atoms with E-state index in [-0.39, 0.29) is 6.54 Å². The van der Waals surface area contributed by atoms with Crippen LogP contribution in [0.15, 0.2) is 27.0 Å². The number of aliphatic hydroxyl groups is 1. The molecule has 0 radical (unpaired) electrons.